The lowest BCUT2D eigenvalue weighted by Gasteiger charge is -2.32. The van der Waals surface area contributed by atoms with Crippen molar-refractivity contribution in [3.8, 4) is 5.69 Å². The van der Waals surface area contributed by atoms with E-state index in [1.807, 2.05) is 0 Å². The fraction of sp³-hybridized carbons (Fsp3) is 0.235. The third-order valence-corrected chi connectivity index (χ3v) is 8.77. The summed E-state index contributed by atoms with van der Waals surface area (Å²) < 4.78 is 15.2. The van der Waals surface area contributed by atoms with Gasteiger partial charge in [0.1, 0.15) is 0 Å². The van der Waals surface area contributed by atoms with E-state index in [9.17, 15) is 0 Å². The molecule has 0 amide bonds. The molecule has 1 unspecified atom stereocenters. The Labute approximate surface area is 224 Å². The van der Waals surface area contributed by atoms with Crippen molar-refractivity contribution < 1.29 is 9.31 Å². The van der Waals surface area contributed by atoms with E-state index in [1.165, 1.54) is 37.8 Å². The van der Waals surface area contributed by atoms with Gasteiger partial charge >= 0.3 is 7.12 Å². The number of aromatic nitrogens is 1. The van der Waals surface area contributed by atoms with Crippen LogP contribution < -0.4 is 16.0 Å². The van der Waals surface area contributed by atoms with E-state index in [0.29, 0.717) is 5.92 Å². The van der Waals surface area contributed by atoms with Crippen molar-refractivity contribution in [3.05, 3.63) is 107 Å². The van der Waals surface area contributed by atoms with Gasteiger partial charge in [0.25, 0.3) is 0 Å². The number of fused-ring (bicyclic) bond motifs is 4. The molecule has 3 nitrogen and oxygen atoms in total. The fourth-order valence-electron chi connectivity index (χ4n) is 6.01. The first kappa shape index (κ1) is 23.5. The van der Waals surface area contributed by atoms with Crippen LogP contribution in [-0.2, 0) is 9.31 Å². The number of nitrogens with zero attached hydrogens (tertiary/aromatic N) is 1. The average molecular weight is 497 g/mol. The predicted molar refractivity (Wildman–Crippen MR) is 158 cm³/mol. The Balaban J connectivity index is 1.43. The van der Waals surface area contributed by atoms with E-state index in [-0.39, 0.29) is 11.2 Å². The molecule has 188 valence electrons. The van der Waals surface area contributed by atoms with Gasteiger partial charge in [0.2, 0.25) is 0 Å². The van der Waals surface area contributed by atoms with Gasteiger partial charge in [-0.05, 0) is 74.1 Å². The molecule has 0 saturated carbocycles. The molecule has 1 fully saturated rings. The average Bonchev–Trinajstić information content (AvgIpc) is 3.37. The summed E-state index contributed by atoms with van der Waals surface area (Å²) in [5, 5.41) is 6.44. The molecule has 5 aromatic rings. The van der Waals surface area contributed by atoms with Crippen LogP contribution in [0, 0.1) is 0 Å². The number of para-hydroxylation sites is 1. The summed E-state index contributed by atoms with van der Waals surface area (Å²) >= 11 is 0. The zero-order chi connectivity index (χ0) is 26.1. The van der Waals surface area contributed by atoms with Crippen molar-refractivity contribution in [2.24, 2.45) is 0 Å². The Hall–Kier alpha value is -3.60. The van der Waals surface area contributed by atoms with Crippen LogP contribution in [0.15, 0.2) is 91.0 Å². The van der Waals surface area contributed by atoms with Gasteiger partial charge in [-0.25, -0.2) is 0 Å². The highest BCUT2D eigenvalue weighted by Crippen LogP contribution is 2.37. The van der Waals surface area contributed by atoms with Crippen LogP contribution in [0.5, 0.6) is 0 Å². The molecule has 4 heteroatoms. The number of rotatable bonds is 3. The van der Waals surface area contributed by atoms with E-state index >= 15 is 0 Å². The number of hydrogen-bond acceptors (Lipinski definition) is 2. The van der Waals surface area contributed by atoms with E-state index in [0.717, 1.165) is 17.6 Å². The summed E-state index contributed by atoms with van der Waals surface area (Å²) in [6, 6.07) is 32.7. The molecule has 1 aliphatic heterocycles. The minimum atomic E-state index is -0.392. The minimum Gasteiger partial charge on any atom is -0.399 e. The molecule has 0 spiro atoms. The van der Waals surface area contributed by atoms with Crippen molar-refractivity contribution in [3.63, 3.8) is 0 Å². The maximum Gasteiger partial charge on any atom is 0.494 e. The Kier molecular flexibility index (Phi) is 5.23. The molecule has 0 N–H and O–H groups in total. The van der Waals surface area contributed by atoms with Crippen LogP contribution in [0.25, 0.3) is 39.5 Å². The van der Waals surface area contributed by atoms with Crippen molar-refractivity contribution >= 4 is 46.4 Å². The molecule has 4 aromatic carbocycles. The molecule has 0 bridgehead atoms. The first-order valence-corrected chi connectivity index (χ1v) is 13.6. The van der Waals surface area contributed by atoms with Crippen molar-refractivity contribution in [2.75, 3.05) is 0 Å². The summed E-state index contributed by atoms with van der Waals surface area (Å²) in [7, 11) is -0.392. The predicted octanol–water partition coefficient (Wildman–Crippen LogP) is 5.83. The lowest BCUT2D eigenvalue weighted by Crippen LogP contribution is -2.41. The molecule has 1 saturated heterocycles. The van der Waals surface area contributed by atoms with Gasteiger partial charge in [-0.15, -0.1) is 0 Å². The Morgan fingerprint density at radius 3 is 2.26 bits per heavy atom. The standard InChI is InChI=1S/C34H32BNO2/c1-33(2)34(3,4)38-35(37-33)25-18-19-29-30-21-24(28-16-10-12-23-11-8-9-15-27(23)28)17-20-31(30)36(32(29)22-25)26-13-6-5-7-14-26/h5-16,18-22,24H,17H2,1-4H3. The molecule has 1 atom stereocenters. The van der Waals surface area contributed by atoms with E-state index in [1.54, 1.807) is 0 Å². The van der Waals surface area contributed by atoms with E-state index in [2.05, 4.69) is 135 Å². The highest BCUT2D eigenvalue weighted by molar-refractivity contribution is 6.62. The first-order chi connectivity index (χ1) is 18.3. The smallest absolute Gasteiger partial charge is 0.399 e. The molecule has 2 aliphatic rings. The summed E-state index contributed by atoms with van der Waals surface area (Å²) in [5.41, 5.74) is 4.03. The second kappa shape index (κ2) is 8.46. The van der Waals surface area contributed by atoms with Crippen LogP contribution in [0.3, 0.4) is 0 Å². The van der Waals surface area contributed by atoms with Crippen LogP contribution in [0.2, 0.25) is 0 Å². The number of hydrogen-bond donors (Lipinski definition) is 0. The van der Waals surface area contributed by atoms with E-state index in [4.69, 9.17) is 9.31 Å². The lowest BCUT2D eigenvalue weighted by molar-refractivity contribution is 0.00578. The van der Waals surface area contributed by atoms with Gasteiger partial charge < -0.3 is 13.9 Å². The Morgan fingerprint density at radius 1 is 0.763 bits per heavy atom. The first-order valence-electron chi connectivity index (χ1n) is 13.6. The summed E-state index contributed by atoms with van der Waals surface area (Å²) in [5.74, 6) is 0.325. The fourth-order valence-corrected chi connectivity index (χ4v) is 6.01. The maximum absolute atomic E-state index is 6.42. The molecular formula is C34H32BNO2. The highest BCUT2D eigenvalue weighted by atomic mass is 16.7. The molecule has 0 radical (unpaired) electrons. The normalized spacial score (nSPS) is 19.8. The monoisotopic (exact) mass is 497 g/mol. The van der Waals surface area contributed by atoms with Crippen molar-refractivity contribution in [1.29, 1.82) is 0 Å². The summed E-state index contributed by atoms with van der Waals surface area (Å²) in [6.07, 6.45) is 5.87. The summed E-state index contributed by atoms with van der Waals surface area (Å²) in [6.45, 7) is 8.42. The second-order valence-corrected chi connectivity index (χ2v) is 11.6. The van der Waals surface area contributed by atoms with Crippen LogP contribution in [0.1, 0.15) is 45.6 Å². The number of benzene rings is 4. The second-order valence-electron chi connectivity index (χ2n) is 11.6. The zero-order valence-corrected chi connectivity index (χ0v) is 22.4. The lowest BCUT2D eigenvalue weighted by atomic mass is 9.78. The molecular weight excluding hydrogens is 465 g/mol. The Bertz CT molecular complexity index is 1800. The minimum absolute atomic E-state index is 0.325. The van der Waals surface area contributed by atoms with Gasteiger partial charge in [-0.3, -0.25) is 0 Å². The summed E-state index contributed by atoms with van der Waals surface area (Å²) in [4.78, 5) is 0. The van der Waals surface area contributed by atoms with Crippen LogP contribution in [-0.4, -0.2) is 22.9 Å². The Morgan fingerprint density at radius 2 is 1.47 bits per heavy atom. The van der Waals surface area contributed by atoms with Gasteiger partial charge in [-0.2, -0.15) is 0 Å². The van der Waals surface area contributed by atoms with Gasteiger partial charge in [0.15, 0.2) is 0 Å². The van der Waals surface area contributed by atoms with Crippen LogP contribution >= 0.6 is 0 Å². The maximum atomic E-state index is 6.42. The van der Waals surface area contributed by atoms with Crippen molar-refractivity contribution in [1.82, 2.24) is 4.57 Å². The van der Waals surface area contributed by atoms with Crippen molar-refractivity contribution in [2.45, 2.75) is 51.2 Å². The van der Waals surface area contributed by atoms with Crippen LogP contribution in [0.4, 0.5) is 0 Å². The van der Waals surface area contributed by atoms with E-state index < -0.39 is 7.12 Å². The molecule has 7 rings (SSSR count). The van der Waals surface area contributed by atoms with Gasteiger partial charge in [0.05, 0.1) is 16.7 Å². The molecule has 1 aromatic heterocycles. The molecule has 38 heavy (non-hydrogen) atoms. The highest BCUT2D eigenvalue weighted by Gasteiger charge is 2.51. The van der Waals surface area contributed by atoms with Gasteiger partial charge in [-0.1, -0.05) is 84.9 Å². The zero-order valence-electron chi connectivity index (χ0n) is 22.4. The van der Waals surface area contributed by atoms with Gasteiger partial charge in [0, 0.05) is 27.6 Å². The quantitative estimate of drug-likeness (QED) is 0.293. The molecule has 1 aliphatic carbocycles. The topological polar surface area (TPSA) is 23.4 Å². The SMILES string of the molecule is CC1(C)OB(c2ccc3c4c(n(-c5ccccc5)c3c2)=CCC(c2cccc3ccccc23)C=4)OC1(C)C. The largest absolute Gasteiger partial charge is 0.494 e. The molecule has 2 heterocycles. The third-order valence-electron chi connectivity index (χ3n) is 8.77. The third kappa shape index (κ3) is 3.59.